The molecule has 0 bridgehead atoms. The van der Waals surface area contributed by atoms with Gasteiger partial charge in [-0.15, -0.1) is 0 Å². The summed E-state index contributed by atoms with van der Waals surface area (Å²) in [5.41, 5.74) is -2.05. The molecule has 6 rings (SSSR count). The van der Waals surface area contributed by atoms with E-state index >= 15 is 0 Å². The highest BCUT2D eigenvalue weighted by Crippen LogP contribution is 2.76. The van der Waals surface area contributed by atoms with Gasteiger partial charge in [0.15, 0.2) is 6.29 Å². The van der Waals surface area contributed by atoms with Gasteiger partial charge in [-0.1, -0.05) is 53.2 Å². The van der Waals surface area contributed by atoms with Crippen LogP contribution in [0.15, 0.2) is 11.6 Å². The first-order chi connectivity index (χ1) is 21.8. The molecule has 5 fully saturated rings. The predicted molar refractivity (Wildman–Crippen MR) is 170 cm³/mol. The summed E-state index contributed by atoms with van der Waals surface area (Å²) in [6.45, 7) is 12.0. The van der Waals surface area contributed by atoms with Crippen molar-refractivity contribution >= 4 is 5.97 Å². The molecule has 4 saturated carbocycles. The van der Waals surface area contributed by atoms with Crippen molar-refractivity contribution in [2.45, 2.75) is 142 Å². The largest absolute Gasteiger partial charge is 0.481 e. The lowest BCUT2D eigenvalue weighted by Gasteiger charge is -2.72. The molecule has 6 aliphatic rings. The fraction of sp³-hybridized carbons (Fsp3) is 0.917. The van der Waals surface area contributed by atoms with Crippen LogP contribution in [0.3, 0.4) is 0 Å². The number of aliphatic hydroxyl groups is 7. The maximum atomic E-state index is 13.0. The van der Waals surface area contributed by atoms with E-state index in [2.05, 4.69) is 26.8 Å². The average molecular weight is 667 g/mol. The molecule has 11 nitrogen and oxygen atoms in total. The normalized spacial score (nSPS) is 55.5. The Labute approximate surface area is 278 Å². The van der Waals surface area contributed by atoms with Crippen LogP contribution in [0, 0.1) is 50.2 Å². The minimum absolute atomic E-state index is 0.0830. The van der Waals surface area contributed by atoms with E-state index in [4.69, 9.17) is 9.47 Å². The van der Waals surface area contributed by atoms with Crippen molar-refractivity contribution in [3.05, 3.63) is 11.6 Å². The molecule has 47 heavy (non-hydrogen) atoms. The van der Waals surface area contributed by atoms with Crippen LogP contribution in [0.1, 0.15) is 92.9 Å². The highest BCUT2D eigenvalue weighted by Gasteiger charge is 2.71. The molecule has 8 N–H and O–H groups in total. The van der Waals surface area contributed by atoms with Crippen molar-refractivity contribution in [2.24, 2.45) is 50.2 Å². The summed E-state index contributed by atoms with van der Waals surface area (Å²) in [6, 6.07) is 0. The first-order valence-electron chi connectivity index (χ1n) is 17.6. The second-order valence-corrected chi connectivity index (χ2v) is 17.9. The van der Waals surface area contributed by atoms with Crippen LogP contribution in [0.25, 0.3) is 0 Å². The van der Waals surface area contributed by atoms with Gasteiger partial charge in [0.2, 0.25) is 0 Å². The smallest absolute Gasteiger partial charge is 0.310 e. The van der Waals surface area contributed by atoms with Crippen LogP contribution >= 0.6 is 0 Å². The first-order valence-corrected chi connectivity index (χ1v) is 17.6. The third kappa shape index (κ3) is 4.74. The van der Waals surface area contributed by atoms with Crippen molar-refractivity contribution < 1.29 is 55.1 Å². The molecule has 16 unspecified atom stereocenters. The number of aliphatic carboxylic acids is 1. The summed E-state index contributed by atoms with van der Waals surface area (Å²) in [5.74, 6) is -0.949. The molecule has 1 aliphatic heterocycles. The Kier molecular flexibility index (Phi) is 8.68. The maximum absolute atomic E-state index is 13.0. The maximum Gasteiger partial charge on any atom is 0.310 e. The van der Waals surface area contributed by atoms with Gasteiger partial charge in [0.1, 0.15) is 24.4 Å². The van der Waals surface area contributed by atoms with Crippen molar-refractivity contribution in [3.63, 3.8) is 0 Å². The van der Waals surface area contributed by atoms with E-state index in [0.717, 1.165) is 19.3 Å². The lowest BCUT2D eigenvalue weighted by molar-refractivity contribution is -0.345. The van der Waals surface area contributed by atoms with Gasteiger partial charge in [0, 0.05) is 5.41 Å². The Morgan fingerprint density at radius 3 is 2.19 bits per heavy atom. The number of aliphatic hydroxyl groups excluding tert-OH is 7. The van der Waals surface area contributed by atoms with E-state index in [-0.39, 0.29) is 41.6 Å². The van der Waals surface area contributed by atoms with Gasteiger partial charge in [0.05, 0.1) is 36.9 Å². The van der Waals surface area contributed by atoms with Crippen LogP contribution in [0.2, 0.25) is 0 Å². The van der Waals surface area contributed by atoms with Crippen molar-refractivity contribution in [3.8, 4) is 0 Å². The van der Waals surface area contributed by atoms with Crippen LogP contribution in [0.5, 0.6) is 0 Å². The number of carbonyl (C=O) groups is 1. The second-order valence-electron chi connectivity index (χ2n) is 17.9. The van der Waals surface area contributed by atoms with E-state index in [1.54, 1.807) is 0 Å². The molecule has 1 saturated heterocycles. The van der Waals surface area contributed by atoms with Crippen LogP contribution in [0.4, 0.5) is 0 Å². The van der Waals surface area contributed by atoms with E-state index in [9.17, 15) is 45.6 Å². The number of allylic oxidation sites excluding steroid dienone is 2. The fourth-order valence-electron chi connectivity index (χ4n) is 12.3. The summed E-state index contributed by atoms with van der Waals surface area (Å²) in [5, 5.41) is 85.7. The van der Waals surface area contributed by atoms with Gasteiger partial charge in [-0.05, 0) is 90.8 Å². The van der Waals surface area contributed by atoms with Gasteiger partial charge in [-0.2, -0.15) is 0 Å². The molecule has 5 aliphatic carbocycles. The molecule has 11 heteroatoms. The van der Waals surface area contributed by atoms with Crippen LogP contribution in [-0.4, -0.2) is 109 Å². The summed E-state index contributed by atoms with van der Waals surface area (Å²) in [4.78, 5) is 13.0. The Balaban J connectivity index is 1.34. The Morgan fingerprint density at radius 1 is 0.894 bits per heavy atom. The minimum Gasteiger partial charge on any atom is -0.481 e. The summed E-state index contributed by atoms with van der Waals surface area (Å²) < 4.78 is 11.9. The Bertz CT molecular complexity index is 1270. The number of hydrogen-bond acceptors (Lipinski definition) is 10. The number of carboxylic acid groups (broad SMARTS) is 1. The van der Waals surface area contributed by atoms with E-state index < -0.39 is 83.3 Å². The zero-order valence-electron chi connectivity index (χ0n) is 28.8. The zero-order valence-corrected chi connectivity index (χ0v) is 28.8. The van der Waals surface area contributed by atoms with Gasteiger partial charge in [0.25, 0.3) is 0 Å². The second kappa shape index (κ2) is 11.4. The Morgan fingerprint density at radius 2 is 1.57 bits per heavy atom. The number of hydrogen-bond donors (Lipinski definition) is 8. The van der Waals surface area contributed by atoms with E-state index in [1.807, 2.05) is 20.8 Å². The number of rotatable bonds is 5. The van der Waals surface area contributed by atoms with Gasteiger partial charge in [-0.3, -0.25) is 4.79 Å². The standard InChI is InChI=1S/C36H58O11/c1-31(2)13-19-18-7-8-23-32(3)14-20(39)28(47-29-27(43)26(42)25(41)21(16-37)46-29)33(4,17-38)22(32)9-10-35(23,6)34(18,5)11-12-36(19,30(44)45)15-24(31)40/h7,19-29,37-43H,8-17H2,1-6H3,(H,44,45). The summed E-state index contributed by atoms with van der Waals surface area (Å²) in [6.07, 6.45) is -3.01. The van der Waals surface area contributed by atoms with Crippen molar-refractivity contribution in [1.29, 1.82) is 0 Å². The average Bonchev–Trinajstić information content (AvgIpc) is 3.00. The molecular weight excluding hydrogens is 608 g/mol. The summed E-state index contributed by atoms with van der Waals surface area (Å²) >= 11 is 0. The molecule has 0 aromatic rings. The van der Waals surface area contributed by atoms with E-state index in [1.165, 1.54) is 5.57 Å². The molecule has 0 radical (unpaired) electrons. The molecule has 0 spiro atoms. The molecule has 0 aromatic carbocycles. The monoisotopic (exact) mass is 666 g/mol. The van der Waals surface area contributed by atoms with Crippen LogP contribution in [-0.2, 0) is 14.3 Å². The SMILES string of the molecule is CC1(C)CC2C3=CCC4C5(C)CC(O)C(OC6OC(CO)C(O)C(O)C6O)C(C)(CO)C5CCC4(C)C3(C)CCC2(C(=O)O)CC1O. The number of carboxylic acids is 1. The third-order valence-electron chi connectivity index (χ3n) is 15.4. The molecule has 0 aromatic heterocycles. The number of fused-ring (bicyclic) bond motifs is 7. The van der Waals surface area contributed by atoms with Crippen molar-refractivity contribution in [2.75, 3.05) is 13.2 Å². The summed E-state index contributed by atoms with van der Waals surface area (Å²) in [7, 11) is 0. The molecule has 1 heterocycles. The van der Waals surface area contributed by atoms with Gasteiger partial charge in [-0.25, -0.2) is 0 Å². The number of ether oxygens (including phenoxy) is 2. The third-order valence-corrected chi connectivity index (χ3v) is 15.4. The highest BCUT2D eigenvalue weighted by molar-refractivity contribution is 5.77. The predicted octanol–water partition coefficient (Wildman–Crippen LogP) is 1.97. The molecule has 16 atom stereocenters. The van der Waals surface area contributed by atoms with Gasteiger partial charge >= 0.3 is 5.97 Å². The lowest BCUT2D eigenvalue weighted by Crippen LogP contribution is -2.69. The quantitative estimate of drug-likeness (QED) is 0.158. The topological polar surface area (TPSA) is 197 Å². The lowest BCUT2D eigenvalue weighted by atomic mass is 9.33. The zero-order chi connectivity index (χ0) is 34.7. The minimum atomic E-state index is -1.62. The molecular formula is C36H58O11. The highest BCUT2D eigenvalue weighted by atomic mass is 16.7. The first kappa shape index (κ1) is 35.7. The molecule has 268 valence electrons. The van der Waals surface area contributed by atoms with E-state index in [0.29, 0.717) is 25.7 Å². The fourth-order valence-corrected chi connectivity index (χ4v) is 12.3. The van der Waals surface area contributed by atoms with Gasteiger partial charge < -0.3 is 50.3 Å². The van der Waals surface area contributed by atoms with Crippen LogP contribution < -0.4 is 0 Å². The Hall–Kier alpha value is -1.15. The van der Waals surface area contributed by atoms with Crippen molar-refractivity contribution in [1.82, 2.24) is 0 Å². The molecule has 0 amide bonds.